The van der Waals surface area contributed by atoms with Crippen LogP contribution in [0.4, 0.5) is 0 Å². The molecule has 0 aliphatic carbocycles. The average molecular weight is 356 g/mol. The van der Waals surface area contributed by atoms with Crippen LogP contribution in [0.3, 0.4) is 0 Å². The van der Waals surface area contributed by atoms with Crippen molar-refractivity contribution in [2.24, 2.45) is 0 Å². The number of hydrogen-bond acceptors (Lipinski definition) is 4. The maximum atomic E-state index is 12.1. The van der Waals surface area contributed by atoms with Crippen molar-refractivity contribution in [3.8, 4) is 0 Å². The lowest BCUT2D eigenvalue weighted by atomic mass is 10.3. The number of alkyl halides is 1. The molecule has 0 saturated heterocycles. The molecule has 0 aliphatic rings. The Morgan fingerprint density at radius 1 is 1.50 bits per heavy atom. The second-order valence-electron chi connectivity index (χ2n) is 3.83. The van der Waals surface area contributed by atoms with Crippen molar-refractivity contribution in [2.45, 2.75) is 30.0 Å². The molecule has 0 saturated carbocycles. The smallest absolute Gasteiger partial charge is 0.250 e. The number of thiophene rings is 1. The Morgan fingerprint density at radius 3 is 2.72 bits per heavy atom. The Morgan fingerprint density at radius 2 is 2.22 bits per heavy atom. The molecule has 18 heavy (non-hydrogen) atoms. The third kappa shape index (κ3) is 4.62. The predicted octanol–water partition coefficient (Wildman–Crippen LogP) is 2.39. The molecule has 0 aliphatic heterocycles. The van der Waals surface area contributed by atoms with Crippen molar-refractivity contribution in [1.82, 2.24) is 4.72 Å². The summed E-state index contributed by atoms with van der Waals surface area (Å²) in [6, 6.07) is 3.31. The monoisotopic (exact) mass is 355 g/mol. The van der Waals surface area contributed by atoms with Crippen LogP contribution >= 0.6 is 27.3 Å². The van der Waals surface area contributed by atoms with E-state index in [4.69, 9.17) is 4.74 Å². The molecular formula is C11H18BrNO3S2. The van der Waals surface area contributed by atoms with Gasteiger partial charge in [-0.3, -0.25) is 0 Å². The van der Waals surface area contributed by atoms with Gasteiger partial charge in [0.25, 0.3) is 0 Å². The highest BCUT2D eigenvalue weighted by Gasteiger charge is 2.21. The SMILES string of the molecule is CCc1ccc(S(=O)(=O)NC(CCBr)COC)s1. The average Bonchev–Trinajstić information content (AvgIpc) is 2.78. The third-order valence-corrected chi connectivity index (χ3v) is 6.10. The van der Waals surface area contributed by atoms with E-state index in [2.05, 4.69) is 20.7 Å². The van der Waals surface area contributed by atoms with E-state index >= 15 is 0 Å². The first-order valence-electron chi connectivity index (χ1n) is 5.69. The van der Waals surface area contributed by atoms with Gasteiger partial charge >= 0.3 is 0 Å². The van der Waals surface area contributed by atoms with Gasteiger partial charge in [0, 0.05) is 23.4 Å². The molecular weight excluding hydrogens is 338 g/mol. The van der Waals surface area contributed by atoms with Gasteiger partial charge in [0.2, 0.25) is 10.0 Å². The zero-order valence-corrected chi connectivity index (χ0v) is 13.7. The Kier molecular flexibility index (Phi) is 6.79. The van der Waals surface area contributed by atoms with Crippen LogP contribution in [0.2, 0.25) is 0 Å². The predicted molar refractivity (Wildman–Crippen MR) is 78.1 cm³/mol. The van der Waals surface area contributed by atoms with Crippen molar-refractivity contribution < 1.29 is 13.2 Å². The minimum Gasteiger partial charge on any atom is -0.383 e. The summed E-state index contributed by atoms with van der Waals surface area (Å²) in [5, 5.41) is 0.730. The standard InChI is InChI=1S/C11H18BrNO3S2/c1-3-10-4-5-11(17-10)18(14,15)13-9(6-7-12)8-16-2/h4-5,9,13H,3,6-8H2,1-2H3. The van der Waals surface area contributed by atoms with Crippen LogP contribution in [0, 0.1) is 0 Å². The first kappa shape index (κ1) is 16.1. The molecule has 7 heteroatoms. The van der Waals surface area contributed by atoms with E-state index in [0.29, 0.717) is 17.2 Å². The van der Waals surface area contributed by atoms with E-state index < -0.39 is 10.0 Å². The highest BCUT2D eigenvalue weighted by Crippen LogP contribution is 2.22. The first-order chi connectivity index (χ1) is 8.53. The highest BCUT2D eigenvalue weighted by molar-refractivity contribution is 9.09. The van der Waals surface area contributed by atoms with Gasteiger partial charge in [-0.2, -0.15) is 0 Å². The van der Waals surface area contributed by atoms with Gasteiger partial charge < -0.3 is 4.74 Å². The summed E-state index contributed by atoms with van der Waals surface area (Å²) in [5.74, 6) is 0. The van der Waals surface area contributed by atoms with Crippen LogP contribution in [0.25, 0.3) is 0 Å². The number of hydrogen-bond donors (Lipinski definition) is 1. The van der Waals surface area contributed by atoms with E-state index in [1.807, 2.05) is 13.0 Å². The largest absolute Gasteiger partial charge is 0.383 e. The molecule has 1 N–H and O–H groups in total. The van der Waals surface area contributed by atoms with Gasteiger partial charge in [0.15, 0.2) is 0 Å². The van der Waals surface area contributed by atoms with Crippen LogP contribution in [-0.2, 0) is 21.2 Å². The van der Waals surface area contributed by atoms with Crippen LogP contribution in [-0.4, -0.2) is 33.5 Å². The van der Waals surface area contributed by atoms with E-state index in [1.54, 1.807) is 13.2 Å². The lowest BCUT2D eigenvalue weighted by Gasteiger charge is -2.16. The number of rotatable bonds is 8. The molecule has 1 heterocycles. The Hall–Kier alpha value is 0.0500. The number of sulfonamides is 1. The Bertz CT molecular complexity index is 453. The van der Waals surface area contributed by atoms with Crippen LogP contribution in [0.1, 0.15) is 18.2 Å². The third-order valence-electron chi connectivity index (χ3n) is 2.40. The molecule has 4 nitrogen and oxygen atoms in total. The van der Waals surface area contributed by atoms with E-state index in [9.17, 15) is 8.42 Å². The summed E-state index contributed by atoms with van der Waals surface area (Å²) in [6.45, 7) is 2.38. The summed E-state index contributed by atoms with van der Waals surface area (Å²) in [5.41, 5.74) is 0. The molecule has 0 fully saturated rings. The van der Waals surface area contributed by atoms with Crippen LogP contribution in [0.5, 0.6) is 0 Å². The van der Waals surface area contributed by atoms with Crippen molar-refractivity contribution in [3.63, 3.8) is 0 Å². The maximum Gasteiger partial charge on any atom is 0.250 e. The fourth-order valence-electron chi connectivity index (χ4n) is 1.48. The molecule has 1 aromatic heterocycles. The second-order valence-corrected chi connectivity index (χ2v) is 7.73. The van der Waals surface area contributed by atoms with E-state index in [-0.39, 0.29) is 6.04 Å². The van der Waals surface area contributed by atoms with E-state index in [1.165, 1.54) is 11.3 Å². The highest BCUT2D eigenvalue weighted by atomic mass is 79.9. The normalized spacial score (nSPS) is 13.7. The lowest BCUT2D eigenvalue weighted by molar-refractivity contribution is 0.173. The fourth-order valence-corrected chi connectivity index (χ4v) is 4.60. The van der Waals surface area contributed by atoms with Gasteiger partial charge in [-0.05, 0) is 25.0 Å². The quantitative estimate of drug-likeness (QED) is 0.728. The van der Waals surface area contributed by atoms with Crippen molar-refractivity contribution in [2.75, 3.05) is 19.0 Å². The van der Waals surface area contributed by atoms with E-state index in [0.717, 1.165) is 16.6 Å². The first-order valence-corrected chi connectivity index (χ1v) is 9.11. The number of halogens is 1. The van der Waals surface area contributed by atoms with Gasteiger partial charge in [-0.1, -0.05) is 22.9 Å². The molecule has 104 valence electrons. The number of methoxy groups -OCH3 is 1. The topological polar surface area (TPSA) is 55.4 Å². The second kappa shape index (κ2) is 7.59. The van der Waals surface area contributed by atoms with Gasteiger partial charge in [0.1, 0.15) is 4.21 Å². The summed E-state index contributed by atoms with van der Waals surface area (Å²) in [6.07, 6.45) is 1.54. The minimum atomic E-state index is -3.43. The van der Waals surface area contributed by atoms with Crippen LogP contribution < -0.4 is 4.72 Å². The van der Waals surface area contributed by atoms with Crippen molar-refractivity contribution >= 4 is 37.3 Å². The van der Waals surface area contributed by atoms with Gasteiger partial charge in [0.05, 0.1) is 6.61 Å². The van der Waals surface area contributed by atoms with Crippen molar-refractivity contribution in [3.05, 3.63) is 17.0 Å². The summed E-state index contributed by atoms with van der Waals surface area (Å²) < 4.78 is 32.4. The zero-order valence-electron chi connectivity index (χ0n) is 10.5. The molecule has 1 rings (SSSR count). The molecule has 1 atom stereocenters. The number of nitrogens with one attached hydrogen (secondary N) is 1. The molecule has 1 unspecified atom stereocenters. The summed E-state index contributed by atoms with van der Waals surface area (Å²) >= 11 is 4.63. The summed E-state index contributed by atoms with van der Waals surface area (Å²) in [4.78, 5) is 1.07. The molecule has 0 radical (unpaired) electrons. The van der Waals surface area contributed by atoms with Gasteiger partial charge in [-0.15, -0.1) is 11.3 Å². The molecule has 0 aromatic carbocycles. The number of aryl methyl sites for hydroxylation is 1. The zero-order chi connectivity index (χ0) is 13.6. The minimum absolute atomic E-state index is 0.202. The Labute approximate surface area is 121 Å². The summed E-state index contributed by atoms with van der Waals surface area (Å²) in [7, 11) is -1.86. The molecule has 1 aromatic rings. The Balaban J connectivity index is 2.78. The molecule has 0 bridgehead atoms. The van der Waals surface area contributed by atoms with Gasteiger partial charge in [-0.25, -0.2) is 13.1 Å². The molecule has 0 spiro atoms. The van der Waals surface area contributed by atoms with Crippen LogP contribution in [0.15, 0.2) is 16.3 Å². The number of ether oxygens (including phenoxy) is 1. The maximum absolute atomic E-state index is 12.1. The van der Waals surface area contributed by atoms with Crippen molar-refractivity contribution in [1.29, 1.82) is 0 Å². The fraction of sp³-hybridized carbons (Fsp3) is 0.636. The molecule has 0 amide bonds. The lowest BCUT2D eigenvalue weighted by Crippen LogP contribution is -2.37.